The van der Waals surface area contributed by atoms with Gasteiger partial charge < -0.3 is 10.3 Å². The van der Waals surface area contributed by atoms with E-state index >= 15 is 0 Å². The molecule has 1 aliphatic rings. The molecule has 1 amide bonds. The Bertz CT molecular complexity index is 1150. The summed E-state index contributed by atoms with van der Waals surface area (Å²) >= 11 is 7.11. The largest absolute Gasteiger partial charge is 0.325 e. The van der Waals surface area contributed by atoms with Crippen LogP contribution in [0, 0.1) is 5.82 Å². The van der Waals surface area contributed by atoms with Crippen molar-refractivity contribution in [2.75, 3.05) is 17.6 Å². The Morgan fingerprint density at radius 1 is 1.26 bits per heavy atom. The fraction of sp³-hybridized carbons (Fsp3) is 0.227. The van der Waals surface area contributed by atoms with Crippen LogP contribution in [0.3, 0.4) is 0 Å². The number of H-pyrrole nitrogens is 1. The van der Waals surface area contributed by atoms with Gasteiger partial charge in [0, 0.05) is 36.8 Å². The van der Waals surface area contributed by atoms with Crippen LogP contribution in [-0.2, 0) is 24.3 Å². The molecule has 9 heteroatoms. The molecular weight excluding hydrogens is 439 g/mol. The molecule has 31 heavy (non-hydrogen) atoms. The number of benzene rings is 2. The fourth-order valence-corrected chi connectivity index (χ4v) is 4.28. The van der Waals surface area contributed by atoms with E-state index in [0.717, 1.165) is 17.8 Å². The number of fused-ring (bicyclic) bond motifs is 1. The Hall–Kier alpha value is -2.68. The van der Waals surface area contributed by atoms with Crippen molar-refractivity contribution in [3.8, 4) is 0 Å². The Kier molecular flexibility index (Phi) is 6.70. The molecule has 0 saturated carbocycles. The van der Waals surface area contributed by atoms with Crippen molar-refractivity contribution in [2.24, 2.45) is 0 Å². The molecule has 6 nitrogen and oxygen atoms in total. The minimum atomic E-state index is -0.264. The fourth-order valence-electron chi connectivity index (χ4n) is 3.41. The summed E-state index contributed by atoms with van der Waals surface area (Å²) < 4.78 is 13.1. The van der Waals surface area contributed by atoms with E-state index in [-0.39, 0.29) is 23.0 Å². The van der Waals surface area contributed by atoms with Gasteiger partial charge in [-0.3, -0.25) is 14.5 Å². The van der Waals surface area contributed by atoms with Gasteiger partial charge in [-0.05, 0) is 35.9 Å². The predicted octanol–water partition coefficient (Wildman–Crippen LogP) is 3.85. The van der Waals surface area contributed by atoms with Gasteiger partial charge in [0.1, 0.15) is 5.82 Å². The van der Waals surface area contributed by atoms with Gasteiger partial charge in [0.25, 0.3) is 5.56 Å². The highest BCUT2D eigenvalue weighted by Crippen LogP contribution is 2.20. The van der Waals surface area contributed by atoms with Crippen LogP contribution in [0.15, 0.2) is 58.5 Å². The quantitative estimate of drug-likeness (QED) is 0.433. The third kappa shape index (κ3) is 5.72. The molecule has 3 aromatic rings. The van der Waals surface area contributed by atoms with Crippen LogP contribution in [0.2, 0.25) is 5.02 Å². The molecule has 0 atom stereocenters. The number of carbonyl (C=O) groups excluding carboxylic acids is 1. The summed E-state index contributed by atoms with van der Waals surface area (Å²) in [4.78, 5) is 34.2. The van der Waals surface area contributed by atoms with E-state index in [0.29, 0.717) is 40.9 Å². The van der Waals surface area contributed by atoms with Crippen LogP contribution in [0.4, 0.5) is 10.1 Å². The number of thioether (sulfide) groups is 1. The molecule has 0 radical (unpaired) electrons. The monoisotopic (exact) mass is 458 g/mol. The number of aromatic amines is 1. The van der Waals surface area contributed by atoms with E-state index in [1.165, 1.54) is 23.9 Å². The van der Waals surface area contributed by atoms with Crippen LogP contribution >= 0.6 is 23.4 Å². The minimum Gasteiger partial charge on any atom is -0.325 e. The first-order valence-corrected chi connectivity index (χ1v) is 11.1. The highest BCUT2D eigenvalue weighted by Gasteiger charge is 2.21. The van der Waals surface area contributed by atoms with Gasteiger partial charge >= 0.3 is 0 Å². The maximum Gasteiger partial charge on any atom is 0.256 e. The first-order chi connectivity index (χ1) is 15.0. The van der Waals surface area contributed by atoms with E-state index in [9.17, 15) is 14.0 Å². The first-order valence-electron chi connectivity index (χ1n) is 9.73. The average Bonchev–Trinajstić information content (AvgIpc) is 2.74. The summed E-state index contributed by atoms with van der Waals surface area (Å²) in [6, 6.07) is 13.3. The van der Waals surface area contributed by atoms with Gasteiger partial charge in [0.2, 0.25) is 5.91 Å². The minimum absolute atomic E-state index is 0.116. The van der Waals surface area contributed by atoms with Crippen molar-refractivity contribution in [3.63, 3.8) is 0 Å². The maximum atomic E-state index is 13.1. The molecule has 160 valence electrons. The van der Waals surface area contributed by atoms with Crippen LogP contribution in [-0.4, -0.2) is 33.1 Å². The second-order valence-corrected chi connectivity index (χ2v) is 8.63. The van der Waals surface area contributed by atoms with Gasteiger partial charge in [-0.15, -0.1) is 0 Å². The number of hydrogen-bond donors (Lipinski definition) is 2. The lowest BCUT2D eigenvalue weighted by atomic mass is 10.1. The number of halogens is 2. The summed E-state index contributed by atoms with van der Waals surface area (Å²) in [5.74, 6) is -0.358. The third-order valence-corrected chi connectivity index (χ3v) is 6.00. The number of amides is 1. The SMILES string of the molecule is O=C(CSc1nc2c(c(=O)[nH]1)CN(Cc1ccc(F)cc1)CC2)Nc1cccc(Cl)c1. The smallest absolute Gasteiger partial charge is 0.256 e. The maximum absolute atomic E-state index is 13.1. The number of nitrogens with one attached hydrogen (secondary N) is 2. The molecule has 0 bridgehead atoms. The van der Waals surface area contributed by atoms with Gasteiger partial charge in [0.15, 0.2) is 5.16 Å². The van der Waals surface area contributed by atoms with E-state index < -0.39 is 0 Å². The Morgan fingerprint density at radius 2 is 2.06 bits per heavy atom. The van der Waals surface area contributed by atoms with E-state index in [2.05, 4.69) is 20.2 Å². The van der Waals surface area contributed by atoms with E-state index in [1.54, 1.807) is 36.4 Å². The molecule has 0 saturated heterocycles. The van der Waals surface area contributed by atoms with Crippen molar-refractivity contribution in [2.45, 2.75) is 24.7 Å². The molecule has 1 aliphatic heterocycles. The molecule has 2 heterocycles. The zero-order valence-corrected chi connectivity index (χ0v) is 18.1. The number of hydrogen-bond acceptors (Lipinski definition) is 5. The zero-order chi connectivity index (χ0) is 21.8. The summed E-state index contributed by atoms with van der Waals surface area (Å²) in [5, 5.41) is 3.74. The standard InChI is InChI=1S/C22H20ClFN4O2S/c23-15-2-1-3-17(10-15)25-20(29)13-31-22-26-19-8-9-28(12-18(19)21(30)27-22)11-14-4-6-16(24)7-5-14/h1-7,10H,8-9,11-13H2,(H,25,29)(H,26,27,30). The number of rotatable bonds is 6. The van der Waals surface area contributed by atoms with Gasteiger partial charge in [-0.1, -0.05) is 41.6 Å². The number of aromatic nitrogens is 2. The van der Waals surface area contributed by atoms with Crippen molar-refractivity contribution < 1.29 is 9.18 Å². The second kappa shape index (κ2) is 9.64. The summed E-state index contributed by atoms with van der Waals surface area (Å²) in [6.07, 6.45) is 0.642. The van der Waals surface area contributed by atoms with E-state index in [4.69, 9.17) is 11.6 Å². The molecule has 2 N–H and O–H groups in total. The number of anilines is 1. The third-order valence-electron chi connectivity index (χ3n) is 4.89. The number of nitrogens with zero attached hydrogens (tertiary/aromatic N) is 2. The second-order valence-electron chi connectivity index (χ2n) is 7.23. The molecule has 0 unspecified atom stereocenters. The van der Waals surface area contributed by atoms with Gasteiger partial charge in [0.05, 0.1) is 17.0 Å². The van der Waals surface area contributed by atoms with Gasteiger partial charge in [-0.2, -0.15) is 0 Å². The van der Waals surface area contributed by atoms with Crippen LogP contribution in [0.1, 0.15) is 16.8 Å². The van der Waals surface area contributed by atoms with Crippen molar-refractivity contribution in [1.29, 1.82) is 0 Å². The summed E-state index contributed by atoms with van der Waals surface area (Å²) in [6.45, 7) is 1.87. The Labute approximate surface area is 187 Å². The van der Waals surface area contributed by atoms with Crippen molar-refractivity contribution >= 4 is 35.0 Å². The Morgan fingerprint density at radius 3 is 2.84 bits per heavy atom. The lowest BCUT2D eigenvalue weighted by Gasteiger charge is -2.27. The summed E-state index contributed by atoms with van der Waals surface area (Å²) in [5.41, 5.74) is 2.82. The average molecular weight is 459 g/mol. The lowest BCUT2D eigenvalue weighted by Crippen LogP contribution is -2.35. The molecule has 1 aromatic heterocycles. The summed E-state index contributed by atoms with van der Waals surface area (Å²) in [7, 11) is 0. The molecule has 0 aliphatic carbocycles. The van der Waals surface area contributed by atoms with Crippen molar-refractivity contribution in [3.05, 3.63) is 86.5 Å². The van der Waals surface area contributed by atoms with Crippen LogP contribution < -0.4 is 10.9 Å². The van der Waals surface area contributed by atoms with Crippen LogP contribution in [0.25, 0.3) is 0 Å². The van der Waals surface area contributed by atoms with Crippen molar-refractivity contribution in [1.82, 2.24) is 14.9 Å². The molecule has 0 fully saturated rings. The first kappa shape index (κ1) is 21.5. The van der Waals surface area contributed by atoms with E-state index in [1.807, 2.05) is 0 Å². The Balaban J connectivity index is 1.37. The predicted molar refractivity (Wildman–Crippen MR) is 120 cm³/mol. The molecule has 2 aromatic carbocycles. The highest BCUT2D eigenvalue weighted by molar-refractivity contribution is 7.99. The topological polar surface area (TPSA) is 78.1 Å². The van der Waals surface area contributed by atoms with Gasteiger partial charge in [-0.25, -0.2) is 9.37 Å². The number of carbonyl (C=O) groups is 1. The molecular formula is C22H20ClFN4O2S. The zero-order valence-electron chi connectivity index (χ0n) is 16.5. The molecule has 4 rings (SSSR count). The highest BCUT2D eigenvalue weighted by atomic mass is 35.5. The molecule has 0 spiro atoms. The normalized spacial score (nSPS) is 13.6. The lowest BCUT2D eigenvalue weighted by molar-refractivity contribution is -0.113. The van der Waals surface area contributed by atoms with Crippen LogP contribution in [0.5, 0.6) is 0 Å².